The van der Waals surface area contributed by atoms with E-state index in [2.05, 4.69) is 19.8 Å². The molecule has 0 amide bonds. The molecule has 0 spiro atoms. The Morgan fingerprint density at radius 1 is 1.00 bits per heavy atom. The van der Waals surface area contributed by atoms with Crippen molar-refractivity contribution >= 4 is 22.7 Å². The third kappa shape index (κ3) is 4.18. The molecule has 9 nitrogen and oxygen atoms in total. The van der Waals surface area contributed by atoms with Crippen molar-refractivity contribution < 1.29 is 23.4 Å². The molecule has 176 valence electrons. The quantitative estimate of drug-likeness (QED) is 0.636. The second kappa shape index (κ2) is 8.38. The van der Waals surface area contributed by atoms with E-state index in [0.717, 1.165) is 0 Å². The number of ether oxygens (including phenoxy) is 2. The fraction of sp³-hybridized carbons (Fsp3) is 0.500. The Morgan fingerprint density at radius 2 is 1.70 bits per heavy atom. The van der Waals surface area contributed by atoms with Crippen LogP contribution in [0.5, 0.6) is 5.75 Å². The van der Waals surface area contributed by atoms with Crippen LogP contribution in [0.2, 0.25) is 0 Å². The summed E-state index contributed by atoms with van der Waals surface area (Å²) in [4.78, 5) is 17.5. The number of benzene rings is 1. The number of fused-ring (bicyclic) bond motifs is 1. The lowest BCUT2D eigenvalue weighted by Crippen LogP contribution is -2.48. The summed E-state index contributed by atoms with van der Waals surface area (Å²) in [5.74, 6) is 0.651. The van der Waals surface area contributed by atoms with Gasteiger partial charge in [-0.25, -0.2) is 13.8 Å². The van der Waals surface area contributed by atoms with Gasteiger partial charge in [0.25, 0.3) is 6.43 Å². The normalized spacial score (nSPS) is 18.9. The van der Waals surface area contributed by atoms with E-state index in [4.69, 9.17) is 14.5 Å². The van der Waals surface area contributed by atoms with Crippen molar-refractivity contribution in [1.29, 1.82) is 0 Å². The van der Waals surface area contributed by atoms with Crippen molar-refractivity contribution in [2.75, 3.05) is 55.8 Å². The third-order valence-corrected chi connectivity index (χ3v) is 5.86. The number of hydrogen-bond acceptors (Lipinski definition) is 8. The van der Waals surface area contributed by atoms with Crippen LogP contribution in [0.15, 0.2) is 24.3 Å². The lowest BCUT2D eigenvalue weighted by atomic mass is 10.1. The van der Waals surface area contributed by atoms with E-state index < -0.39 is 12.2 Å². The molecule has 1 aromatic carbocycles. The molecule has 4 heterocycles. The van der Waals surface area contributed by atoms with Gasteiger partial charge in [-0.15, -0.1) is 0 Å². The number of nitrogens with zero attached hydrogens (tertiary/aromatic N) is 6. The fourth-order valence-electron chi connectivity index (χ4n) is 4.30. The highest BCUT2D eigenvalue weighted by Gasteiger charge is 2.30. The Morgan fingerprint density at radius 3 is 2.39 bits per heavy atom. The van der Waals surface area contributed by atoms with Crippen LogP contribution in [-0.4, -0.2) is 76.2 Å². The topological polar surface area (TPSA) is 88.8 Å². The van der Waals surface area contributed by atoms with Gasteiger partial charge >= 0.3 is 0 Å². The van der Waals surface area contributed by atoms with Gasteiger partial charge in [0.05, 0.1) is 30.9 Å². The highest BCUT2D eigenvalue weighted by atomic mass is 19.3. The molecular weight excluding hydrogens is 434 g/mol. The molecule has 2 aliphatic heterocycles. The van der Waals surface area contributed by atoms with Crippen molar-refractivity contribution in [3.63, 3.8) is 0 Å². The van der Waals surface area contributed by atoms with Gasteiger partial charge in [0.15, 0.2) is 5.82 Å². The Kier molecular flexibility index (Phi) is 5.53. The van der Waals surface area contributed by atoms with Gasteiger partial charge in [-0.05, 0) is 26.0 Å². The minimum absolute atomic E-state index is 0.0849. The zero-order chi connectivity index (χ0) is 23.2. The molecule has 2 aromatic heterocycles. The van der Waals surface area contributed by atoms with E-state index in [-0.39, 0.29) is 22.8 Å². The lowest BCUT2D eigenvalue weighted by Gasteiger charge is -2.39. The zero-order valence-corrected chi connectivity index (χ0v) is 18.5. The van der Waals surface area contributed by atoms with Gasteiger partial charge in [0, 0.05) is 32.2 Å². The predicted molar refractivity (Wildman–Crippen MR) is 119 cm³/mol. The molecule has 0 aliphatic carbocycles. The van der Waals surface area contributed by atoms with Gasteiger partial charge in [0.1, 0.15) is 22.9 Å². The van der Waals surface area contributed by atoms with Gasteiger partial charge in [-0.1, -0.05) is 6.07 Å². The smallest absolute Gasteiger partial charge is 0.296 e. The number of alkyl halides is 2. The number of rotatable bonds is 4. The minimum atomic E-state index is -2.88. The number of morpholine rings is 2. The molecule has 5 rings (SSSR count). The zero-order valence-electron chi connectivity index (χ0n) is 18.5. The highest BCUT2D eigenvalue weighted by molar-refractivity contribution is 5.83. The number of halogens is 2. The molecule has 2 aliphatic rings. The molecule has 3 aromatic rings. The Balaban J connectivity index is 1.69. The summed E-state index contributed by atoms with van der Waals surface area (Å²) in [7, 11) is 0. The van der Waals surface area contributed by atoms with Gasteiger partial charge in [-0.2, -0.15) is 9.97 Å². The van der Waals surface area contributed by atoms with E-state index in [1.54, 1.807) is 12.1 Å². The SMILES string of the molecule is CC1(C)CN(c2cc(N3CCOCC3)nc(-n3c(C(F)F)nc4c(O)cccc43)n2)CCO1. The molecule has 0 radical (unpaired) electrons. The molecular formula is C22H26F2N6O3. The maximum absolute atomic E-state index is 14.0. The first-order valence-electron chi connectivity index (χ1n) is 10.9. The molecule has 33 heavy (non-hydrogen) atoms. The van der Waals surface area contributed by atoms with E-state index in [1.165, 1.54) is 10.6 Å². The van der Waals surface area contributed by atoms with Crippen LogP contribution in [0.1, 0.15) is 26.1 Å². The highest BCUT2D eigenvalue weighted by Crippen LogP contribution is 2.33. The molecule has 2 saturated heterocycles. The standard InChI is InChI=1S/C22H26F2N6O3/c1-22(2)13-29(8-11-33-22)17-12-16(28-6-9-32-10-7-28)25-21(26-17)30-14-4-3-5-15(31)18(14)27-20(30)19(23)24/h3-5,12,19,31H,6-11,13H2,1-2H3. The third-order valence-electron chi connectivity index (χ3n) is 5.86. The summed E-state index contributed by atoms with van der Waals surface area (Å²) in [5.41, 5.74) is 0.0318. The number of aromatic hydroxyl groups is 1. The van der Waals surface area contributed by atoms with E-state index >= 15 is 0 Å². The Labute approximate surface area is 189 Å². The first kappa shape index (κ1) is 21.8. The number of imidazole rings is 1. The second-order valence-corrected chi connectivity index (χ2v) is 8.76. The fourth-order valence-corrected chi connectivity index (χ4v) is 4.30. The number of phenols is 1. The average molecular weight is 460 g/mol. The van der Waals surface area contributed by atoms with Crippen molar-refractivity contribution in [3.05, 3.63) is 30.1 Å². The summed E-state index contributed by atoms with van der Waals surface area (Å²) < 4.78 is 40.6. The molecule has 0 unspecified atom stereocenters. The maximum atomic E-state index is 14.0. The van der Waals surface area contributed by atoms with Gasteiger partial charge < -0.3 is 24.4 Å². The number of hydrogen-bond donors (Lipinski definition) is 1. The summed E-state index contributed by atoms with van der Waals surface area (Å²) >= 11 is 0. The first-order valence-corrected chi connectivity index (χ1v) is 10.9. The van der Waals surface area contributed by atoms with Gasteiger partial charge in [0.2, 0.25) is 5.95 Å². The molecule has 0 atom stereocenters. The Bertz CT molecular complexity index is 1160. The second-order valence-electron chi connectivity index (χ2n) is 8.76. The minimum Gasteiger partial charge on any atom is -0.506 e. The van der Waals surface area contributed by atoms with E-state index in [1.807, 2.05) is 19.9 Å². The van der Waals surface area contributed by atoms with Crippen LogP contribution < -0.4 is 9.80 Å². The van der Waals surface area contributed by atoms with Crippen LogP contribution in [0.25, 0.3) is 17.0 Å². The molecule has 1 N–H and O–H groups in total. The molecule has 0 bridgehead atoms. The Hall–Kier alpha value is -3.05. The maximum Gasteiger partial charge on any atom is 0.296 e. The van der Waals surface area contributed by atoms with E-state index in [0.29, 0.717) is 63.2 Å². The number of anilines is 2. The first-order chi connectivity index (χ1) is 15.8. The van der Waals surface area contributed by atoms with Crippen LogP contribution >= 0.6 is 0 Å². The number of para-hydroxylation sites is 1. The molecule has 0 saturated carbocycles. The summed E-state index contributed by atoms with van der Waals surface area (Å²) in [5, 5.41) is 10.2. The number of aromatic nitrogens is 4. The summed E-state index contributed by atoms with van der Waals surface area (Å²) in [6, 6.07) is 6.51. The molecule has 2 fully saturated rings. The summed E-state index contributed by atoms with van der Waals surface area (Å²) in [6.45, 7) is 8.15. The van der Waals surface area contributed by atoms with E-state index in [9.17, 15) is 13.9 Å². The van der Waals surface area contributed by atoms with Crippen LogP contribution in [-0.2, 0) is 9.47 Å². The summed E-state index contributed by atoms with van der Waals surface area (Å²) in [6.07, 6.45) is -2.88. The van der Waals surface area contributed by atoms with Crippen LogP contribution in [0.4, 0.5) is 20.4 Å². The largest absolute Gasteiger partial charge is 0.506 e. The van der Waals surface area contributed by atoms with Gasteiger partial charge in [-0.3, -0.25) is 4.57 Å². The van der Waals surface area contributed by atoms with Crippen molar-refractivity contribution in [3.8, 4) is 11.7 Å². The van der Waals surface area contributed by atoms with Crippen LogP contribution in [0, 0.1) is 0 Å². The number of phenolic OH excluding ortho intramolecular Hbond substituents is 1. The monoisotopic (exact) mass is 460 g/mol. The van der Waals surface area contributed by atoms with Crippen molar-refractivity contribution in [2.24, 2.45) is 0 Å². The average Bonchev–Trinajstić information content (AvgIpc) is 3.20. The van der Waals surface area contributed by atoms with Crippen molar-refractivity contribution in [1.82, 2.24) is 19.5 Å². The predicted octanol–water partition coefficient (Wildman–Crippen LogP) is 2.91. The lowest BCUT2D eigenvalue weighted by molar-refractivity contribution is -0.0279. The van der Waals surface area contributed by atoms with Crippen molar-refractivity contribution in [2.45, 2.75) is 25.9 Å². The van der Waals surface area contributed by atoms with Crippen LogP contribution in [0.3, 0.4) is 0 Å². The molecule has 11 heteroatoms.